The van der Waals surface area contributed by atoms with Gasteiger partial charge in [0.1, 0.15) is 6.10 Å². The van der Waals surface area contributed by atoms with Gasteiger partial charge in [0.15, 0.2) is 5.78 Å². The van der Waals surface area contributed by atoms with Gasteiger partial charge in [0.2, 0.25) is 0 Å². The van der Waals surface area contributed by atoms with E-state index >= 15 is 0 Å². The van der Waals surface area contributed by atoms with E-state index in [1.807, 2.05) is 0 Å². The highest BCUT2D eigenvalue weighted by atomic mass is 32.1. The second-order valence-electron chi connectivity index (χ2n) is 4.13. The van der Waals surface area contributed by atoms with Crippen LogP contribution >= 0.6 is 12.6 Å². The highest BCUT2D eigenvalue weighted by molar-refractivity contribution is 7.80. The van der Waals surface area contributed by atoms with Gasteiger partial charge in [-0.3, -0.25) is 9.59 Å². The summed E-state index contributed by atoms with van der Waals surface area (Å²) in [6.45, 7) is 0. The van der Waals surface area contributed by atoms with Crippen LogP contribution in [0.25, 0.3) is 0 Å². The molecule has 0 amide bonds. The zero-order valence-corrected chi connectivity index (χ0v) is 11.1. The van der Waals surface area contributed by atoms with Gasteiger partial charge in [-0.15, -0.1) is 0 Å². The van der Waals surface area contributed by atoms with Crippen molar-refractivity contribution in [1.82, 2.24) is 0 Å². The zero-order chi connectivity index (χ0) is 14.4. The number of ketones is 1. The number of aliphatic carboxylic acids is 1. The number of hydrogen-bond donors (Lipinski definition) is 4. The van der Waals surface area contributed by atoms with Crippen LogP contribution in [0.3, 0.4) is 0 Å². The van der Waals surface area contributed by atoms with Crippen LogP contribution in [0.15, 0.2) is 24.3 Å². The molecule has 2 atom stereocenters. The first-order chi connectivity index (χ1) is 8.95. The predicted molar refractivity (Wildman–Crippen MR) is 72.5 cm³/mol. The molecule has 0 aromatic heterocycles. The summed E-state index contributed by atoms with van der Waals surface area (Å²) < 4.78 is 0. The lowest BCUT2D eigenvalue weighted by molar-refractivity contribution is -0.136. The number of carboxylic acids is 1. The summed E-state index contributed by atoms with van der Waals surface area (Å²) in [6.07, 6.45) is -2.30. The quantitative estimate of drug-likeness (QED) is 0.443. The van der Waals surface area contributed by atoms with E-state index in [-0.39, 0.29) is 24.4 Å². The molecule has 5 nitrogen and oxygen atoms in total. The third-order valence-corrected chi connectivity index (χ3v) is 3.07. The predicted octanol–water partition coefficient (Wildman–Crippen LogP) is 1.06. The van der Waals surface area contributed by atoms with E-state index in [2.05, 4.69) is 12.6 Å². The van der Waals surface area contributed by atoms with Gasteiger partial charge < -0.3 is 15.3 Å². The normalized spacial score (nSPS) is 13.8. The maximum Gasteiger partial charge on any atom is 0.303 e. The van der Waals surface area contributed by atoms with Gasteiger partial charge in [-0.25, -0.2) is 0 Å². The minimum Gasteiger partial charge on any atom is -0.481 e. The Balaban J connectivity index is 2.70. The molecule has 0 heterocycles. The Labute approximate surface area is 116 Å². The Hall–Kier alpha value is -1.37. The van der Waals surface area contributed by atoms with Crippen molar-refractivity contribution < 1.29 is 24.9 Å². The van der Waals surface area contributed by atoms with Crippen LogP contribution in [0, 0.1) is 0 Å². The molecule has 2 unspecified atom stereocenters. The summed E-state index contributed by atoms with van der Waals surface area (Å²) in [6, 6.07) is 6.08. The Kier molecular flexibility index (Phi) is 6.01. The van der Waals surface area contributed by atoms with Crippen LogP contribution < -0.4 is 0 Å². The monoisotopic (exact) mass is 284 g/mol. The van der Waals surface area contributed by atoms with Gasteiger partial charge in [-0.1, -0.05) is 24.3 Å². The van der Waals surface area contributed by atoms with E-state index in [0.717, 1.165) is 0 Å². The molecule has 0 aliphatic carbocycles. The van der Waals surface area contributed by atoms with Crippen molar-refractivity contribution in [2.45, 2.75) is 25.0 Å². The highest BCUT2D eigenvalue weighted by Crippen LogP contribution is 2.19. The van der Waals surface area contributed by atoms with E-state index in [1.54, 1.807) is 0 Å². The molecule has 1 rings (SSSR count). The second kappa shape index (κ2) is 7.28. The van der Waals surface area contributed by atoms with Crippen molar-refractivity contribution in [3.05, 3.63) is 35.4 Å². The summed E-state index contributed by atoms with van der Waals surface area (Å²) >= 11 is 3.89. The molecule has 0 saturated heterocycles. The number of aliphatic hydroxyl groups excluding tert-OH is 2. The van der Waals surface area contributed by atoms with E-state index in [9.17, 15) is 19.8 Å². The third kappa shape index (κ3) is 4.66. The maximum absolute atomic E-state index is 11.6. The van der Waals surface area contributed by atoms with E-state index in [0.29, 0.717) is 11.1 Å². The van der Waals surface area contributed by atoms with Crippen LogP contribution in [0.1, 0.15) is 34.9 Å². The number of benzene rings is 1. The van der Waals surface area contributed by atoms with Gasteiger partial charge in [-0.2, -0.15) is 12.6 Å². The van der Waals surface area contributed by atoms with E-state index in [4.69, 9.17) is 5.11 Å². The molecule has 0 aliphatic heterocycles. The number of aliphatic hydroxyl groups is 2. The number of hydrogen-bond acceptors (Lipinski definition) is 5. The fourth-order valence-corrected chi connectivity index (χ4v) is 1.75. The molecule has 0 bridgehead atoms. The molecular weight excluding hydrogens is 268 g/mol. The summed E-state index contributed by atoms with van der Waals surface area (Å²) in [4.78, 5) is 22.0. The molecule has 19 heavy (non-hydrogen) atoms. The van der Waals surface area contributed by atoms with Gasteiger partial charge in [0, 0.05) is 17.7 Å². The van der Waals surface area contributed by atoms with Crippen molar-refractivity contribution in [3.8, 4) is 0 Å². The summed E-state index contributed by atoms with van der Waals surface area (Å²) in [5, 5.41) is 27.7. The maximum atomic E-state index is 11.6. The van der Waals surface area contributed by atoms with Crippen molar-refractivity contribution in [2.24, 2.45) is 0 Å². The number of rotatable bonds is 7. The Morgan fingerprint density at radius 1 is 1.11 bits per heavy atom. The first kappa shape index (κ1) is 15.7. The summed E-state index contributed by atoms with van der Waals surface area (Å²) in [5.74, 6) is -1.16. The number of carboxylic acid groups (broad SMARTS) is 1. The van der Waals surface area contributed by atoms with Gasteiger partial charge in [0.25, 0.3) is 0 Å². The lowest BCUT2D eigenvalue weighted by atomic mass is 10.0. The van der Waals surface area contributed by atoms with Crippen molar-refractivity contribution in [3.63, 3.8) is 0 Å². The third-order valence-electron chi connectivity index (χ3n) is 2.69. The van der Waals surface area contributed by atoms with Gasteiger partial charge in [0.05, 0.1) is 12.5 Å². The first-order valence-corrected chi connectivity index (χ1v) is 6.41. The Morgan fingerprint density at radius 2 is 1.68 bits per heavy atom. The second-order valence-corrected chi connectivity index (χ2v) is 4.50. The highest BCUT2D eigenvalue weighted by Gasteiger charge is 2.17. The lowest BCUT2D eigenvalue weighted by Gasteiger charge is -2.16. The van der Waals surface area contributed by atoms with E-state index < -0.39 is 18.2 Å². The molecule has 1 aromatic carbocycles. The summed E-state index contributed by atoms with van der Waals surface area (Å²) in [5.41, 5.74) is 0.869. The average Bonchev–Trinajstić information content (AvgIpc) is 2.43. The smallest absolute Gasteiger partial charge is 0.303 e. The molecule has 0 radical (unpaired) electrons. The SMILES string of the molecule is O=C(O)CCC(=O)c1ccc(C(O)C(O)CS)cc1. The Bertz CT molecular complexity index is 443. The van der Waals surface area contributed by atoms with Crippen LogP contribution in [0.2, 0.25) is 0 Å². The van der Waals surface area contributed by atoms with Crippen molar-refractivity contribution in [2.75, 3.05) is 5.75 Å². The number of Topliss-reactive ketones (excluding diaryl/α,β-unsaturated/α-hetero) is 1. The van der Waals surface area contributed by atoms with Gasteiger partial charge >= 0.3 is 5.97 Å². The molecule has 0 fully saturated rings. The lowest BCUT2D eigenvalue weighted by Crippen LogP contribution is -2.19. The molecule has 0 spiro atoms. The molecule has 0 saturated carbocycles. The van der Waals surface area contributed by atoms with Crippen LogP contribution in [-0.4, -0.2) is 38.9 Å². The molecule has 3 N–H and O–H groups in total. The van der Waals surface area contributed by atoms with Crippen molar-refractivity contribution >= 4 is 24.4 Å². The largest absolute Gasteiger partial charge is 0.481 e. The summed E-state index contributed by atoms with van der Waals surface area (Å²) in [7, 11) is 0. The van der Waals surface area contributed by atoms with Gasteiger partial charge in [-0.05, 0) is 5.56 Å². The fourth-order valence-electron chi connectivity index (χ4n) is 1.55. The average molecular weight is 284 g/mol. The first-order valence-electron chi connectivity index (χ1n) is 5.77. The number of thiol groups is 1. The van der Waals surface area contributed by atoms with Crippen molar-refractivity contribution in [1.29, 1.82) is 0 Å². The number of carbonyl (C=O) groups excluding carboxylic acids is 1. The molecule has 104 valence electrons. The minimum atomic E-state index is -1.05. The molecule has 6 heteroatoms. The zero-order valence-electron chi connectivity index (χ0n) is 10.2. The van der Waals surface area contributed by atoms with Crippen LogP contribution in [0.4, 0.5) is 0 Å². The molecule has 0 aliphatic rings. The standard InChI is InChI=1S/C13H16O5S/c14-10(5-6-12(16)17)8-1-3-9(4-2-8)13(18)11(15)7-19/h1-4,11,13,15,18-19H,5-7H2,(H,16,17). The fraction of sp³-hybridized carbons (Fsp3) is 0.385. The number of carbonyl (C=O) groups is 2. The molecular formula is C13H16O5S. The van der Waals surface area contributed by atoms with Crippen LogP contribution in [0.5, 0.6) is 0 Å². The topological polar surface area (TPSA) is 94.8 Å². The van der Waals surface area contributed by atoms with E-state index in [1.165, 1.54) is 24.3 Å². The van der Waals surface area contributed by atoms with Crippen LogP contribution in [-0.2, 0) is 4.79 Å². The molecule has 1 aromatic rings. The minimum absolute atomic E-state index is 0.0590. The Morgan fingerprint density at radius 3 is 2.16 bits per heavy atom.